The molecule has 0 radical (unpaired) electrons. The van der Waals surface area contributed by atoms with Crippen LogP contribution < -0.4 is 0 Å². The van der Waals surface area contributed by atoms with Gasteiger partial charge in [-0.1, -0.05) is 30.3 Å². The molecule has 116 valence electrons. The summed E-state index contributed by atoms with van der Waals surface area (Å²) >= 11 is 1.70. The van der Waals surface area contributed by atoms with Crippen molar-refractivity contribution in [2.75, 3.05) is 24.7 Å². The van der Waals surface area contributed by atoms with Gasteiger partial charge in [0.25, 0.3) is 0 Å². The largest absolute Gasteiger partial charge is 0.445 e. The van der Waals surface area contributed by atoms with Crippen LogP contribution in [0.15, 0.2) is 30.3 Å². The SMILES string of the molecule is O=C(OCc1ccccc1)N1CCCC[C@@H]1CSCCO. The van der Waals surface area contributed by atoms with Crippen LogP contribution in [0.2, 0.25) is 0 Å². The van der Waals surface area contributed by atoms with Gasteiger partial charge in [0.2, 0.25) is 0 Å². The number of piperidine rings is 1. The average Bonchev–Trinajstić information content (AvgIpc) is 2.54. The fourth-order valence-electron chi connectivity index (χ4n) is 2.50. The van der Waals surface area contributed by atoms with Crippen molar-refractivity contribution in [1.82, 2.24) is 4.90 Å². The number of rotatable bonds is 6. The second-order valence-corrected chi connectivity index (χ2v) is 6.33. The summed E-state index contributed by atoms with van der Waals surface area (Å²) < 4.78 is 5.43. The third-order valence-corrected chi connectivity index (χ3v) is 4.70. The summed E-state index contributed by atoms with van der Waals surface area (Å²) in [6, 6.07) is 9.98. The zero-order valence-electron chi connectivity index (χ0n) is 12.2. The number of hydrogen-bond acceptors (Lipinski definition) is 4. The van der Waals surface area contributed by atoms with Gasteiger partial charge in [0.05, 0.1) is 6.61 Å². The Balaban J connectivity index is 1.83. The molecule has 5 heteroatoms. The summed E-state index contributed by atoms with van der Waals surface area (Å²) in [6.07, 6.45) is 3.01. The quantitative estimate of drug-likeness (QED) is 0.821. The van der Waals surface area contributed by atoms with Crippen LogP contribution in [-0.2, 0) is 11.3 Å². The molecule has 2 rings (SSSR count). The summed E-state index contributed by atoms with van der Waals surface area (Å²) in [5.74, 6) is 1.60. The summed E-state index contributed by atoms with van der Waals surface area (Å²) in [5, 5.41) is 8.86. The van der Waals surface area contributed by atoms with E-state index in [-0.39, 0.29) is 18.7 Å². The topological polar surface area (TPSA) is 49.8 Å². The molecule has 0 bridgehead atoms. The molecule has 0 aromatic heterocycles. The number of carbonyl (C=O) groups is 1. The second-order valence-electron chi connectivity index (χ2n) is 5.18. The highest BCUT2D eigenvalue weighted by molar-refractivity contribution is 7.99. The van der Waals surface area contributed by atoms with Crippen molar-refractivity contribution in [2.24, 2.45) is 0 Å². The zero-order valence-corrected chi connectivity index (χ0v) is 13.1. The van der Waals surface area contributed by atoms with Crippen molar-refractivity contribution in [3.63, 3.8) is 0 Å². The lowest BCUT2D eigenvalue weighted by Crippen LogP contribution is -2.45. The van der Waals surface area contributed by atoms with Crippen molar-refractivity contribution in [3.8, 4) is 0 Å². The standard InChI is InChI=1S/C16H23NO3S/c18-10-11-21-13-15-8-4-5-9-17(15)16(19)20-12-14-6-2-1-3-7-14/h1-3,6-7,15,18H,4-5,8-13H2/t15-/m1/s1. The van der Waals surface area contributed by atoms with E-state index in [1.54, 1.807) is 11.8 Å². The van der Waals surface area contributed by atoms with Gasteiger partial charge in [-0.2, -0.15) is 11.8 Å². The Morgan fingerprint density at radius 3 is 2.90 bits per heavy atom. The van der Waals surface area contributed by atoms with E-state index in [9.17, 15) is 4.79 Å². The van der Waals surface area contributed by atoms with Crippen LogP contribution >= 0.6 is 11.8 Å². The number of ether oxygens (including phenoxy) is 1. The molecule has 0 unspecified atom stereocenters. The fourth-order valence-corrected chi connectivity index (χ4v) is 3.41. The monoisotopic (exact) mass is 309 g/mol. The molecule has 4 nitrogen and oxygen atoms in total. The molecule has 0 saturated carbocycles. The van der Waals surface area contributed by atoms with E-state index in [1.165, 1.54) is 0 Å². The molecule has 1 aliphatic heterocycles. The van der Waals surface area contributed by atoms with E-state index < -0.39 is 0 Å². The molecule has 1 aliphatic rings. The van der Waals surface area contributed by atoms with Gasteiger partial charge in [-0.3, -0.25) is 0 Å². The number of nitrogens with zero attached hydrogens (tertiary/aromatic N) is 1. The third-order valence-electron chi connectivity index (χ3n) is 3.61. The number of amides is 1. The van der Waals surface area contributed by atoms with Crippen LogP contribution in [0.3, 0.4) is 0 Å². The number of hydrogen-bond donors (Lipinski definition) is 1. The fraction of sp³-hybridized carbons (Fsp3) is 0.562. The first-order valence-electron chi connectivity index (χ1n) is 7.47. The predicted molar refractivity (Wildman–Crippen MR) is 85.4 cm³/mol. The van der Waals surface area contributed by atoms with Crippen LogP contribution in [-0.4, -0.2) is 46.8 Å². The number of aliphatic hydroxyl groups excluding tert-OH is 1. The molecule has 1 aromatic carbocycles. The van der Waals surface area contributed by atoms with Gasteiger partial charge in [-0.05, 0) is 24.8 Å². The van der Waals surface area contributed by atoms with Crippen molar-refractivity contribution >= 4 is 17.9 Å². The van der Waals surface area contributed by atoms with Gasteiger partial charge in [-0.25, -0.2) is 4.79 Å². The first-order chi connectivity index (χ1) is 10.3. The first kappa shape index (κ1) is 16.2. The summed E-state index contributed by atoms with van der Waals surface area (Å²) in [5.41, 5.74) is 1.01. The number of aliphatic hydroxyl groups is 1. The zero-order chi connectivity index (χ0) is 14.9. The van der Waals surface area contributed by atoms with Gasteiger partial charge >= 0.3 is 6.09 Å². The minimum atomic E-state index is -0.215. The Morgan fingerprint density at radius 1 is 1.33 bits per heavy atom. The van der Waals surface area contributed by atoms with Gasteiger partial charge in [0, 0.05) is 24.1 Å². The van der Waals surface area contributed by atoms with Crippen molar-refractivity contribution < 1.29 is 14.6 Å². The molecule has 21 heavy (non-hydrogen) atoms. The molecular formula is C16H23NO3S. The Labute approximate surface area is 130 Å². The Morgan fingerprint density at radius 2 is 2.14 bits per heavy atom. The van der Waals surface area contributed by atoms with Gasteiger partial charge in [-0.15, -0.1) is 0 Å². The van der Waals surface area contributed by atoms with Crippen LogP contribution in [0, 0.1) is 0 Å². The smallest absolute Gasteiger partial charge is 0.410 e. The maximum Gasteiger partial charge on any atom is 0.410 e. The van der Waals surface area contributed by atoms with Crippen molar-refractivity contribution in [3.05, 3.63) is 35.9 Å². The van der Waals surface area contributed by atoms with Crippen LogP contribution in [0.1, 0.15) is 24.8 Å². The number of thioether (sulfide) groups is 1. The summed E-state index contributed by atoms with van der Waals surface area (Å²) in [6.45, 7) is 1.29. The highest BCUT2D eigenvalue weighted by atomic mass is 32.2. The van der Waals surface area contributed by atoms with Crippen LogP contribution in [0.25, 0.3) is 0 Å². The molecule has 0 aliphatic carbocycles. The molecule has 1 atom stereocenters. The highest BCUT2D eigenvalue weighted by Crippen LogP contribution is 2.21. The lowest BCUT2D eigenvalue weighted by Gasteiger charge is -2.34. The van der Waals surface area contributed by atoms with Crippen molar-refractivity contribution in [2.45, 2.75) is 31.9 Å². The molecule has 1 fully saturated rings. The minimum Gasteiger partial charge on any atom is -0.445 e. The van der Waals surface area contributed by atoms with E-state index in [0.29, 0.717) is 6.61 Å². The lowest BCUT2D eigenvalue weighted by atomic mass is 10.0. The van der Waals surface area contributed by atoms with E-state index in [4.69, 9.17) is 9.84 Å². The second kappa shape index (κ2) is 8.95. The minimum absolute atomic E-state index is 0.190. The van der Waals surface area contributed by atoms with E-state index in [0.717, 1.165) is 42.9 Å². The maximum absolute atomic E-state index is 12.3. The van der Waals surface area contributed by atoms with Crippen LogP contribution in [0.4, 0.5) is 4.79 Å². The molecule has 0 spiro atoms. The van der Waals surface area contributed by atoms with E-state index in [1.807, 2.05) is 35.2 Å². The van der Waals surface area contributed by atoms with Crippen molar-refractivity contribution in [1.29, 1.82) is 0 Å². The molecule has 1 aromatic rings. The summed E-state index contributed by atoms with van der Waals surface area (Å²) in [7, 11) is 0. The highest BCUT2D eigenvalue weighted by Gasteiger charge is 2.27. The van der Waals surface area contributed by atoms with E-state index >= 15 is 0 Å². The first-order valence-corrected chi connectivity index (χ1v) is 8.62. The molecule has 1 N–H and O–H groups in total. The third kappa shape index (κ3) is 5.25. The Bertz CT molecular complexity index is 427. The van der Waals surface area contributed by atoms with E-state index in [2.05, 4.69) is 0 Å². The maximum atomic E-state index is 12.3. The lowest BCUT2D eigenvalue weighted by molar-refractivity contribution is 0.0731. The Kier molecular flexibility index (Phi) is 6.89. The van der Waals surface area contributed by atoms with Gasteiger partial charge < -0.3 is 14.7 Å². The van der Waals surface area contributed by atoms with Crippen LogP contribution in [0.5, 0.6) is 0 Å². The number of carbonyl (C=O) groups excluding carboxylic acids is 1. The van der Waals surface area contributed by atoms with Gasteiger partial charge in [0.15, 0.2) is 0 Å². The Hall–Kier alpha value is -1.20. The summed E-state index contributed by atoms with van der Waals surface area (Å²) in [4.78, 5) is 14.1. The molecule has 1 heterocycles. The molecule has 1 amide bonds. The number of benzene rings is 1. The normalized spacial score (nSPS) is 18.5. The molecule has 1 saturated heterocycles. The van der Waals surface area contributed by atoms with Gasteiger partial charge in [0.1, 0.15) is 6.61 Å². The average molecular weight is 309 g/mol. The predicted octanol–water partition coefficient (Wildman–Crippen LogP) is 2.90. The number of likely N-dealkylation sites (tertiary alicyclic amines) is 1. The molecular weight excluding hydrogens is 286 g/mol.